The van der Waals surface area contributed by atoms with E-state index in [4.69, 9.17) is 4.65 Å². The van der Waals surface area contributed by atoms with Gasteiger partial charge in [-0.25, -0.2) is 0 Å². The maximum absolute atomic E-state index is 5.48. The first kappa shape index (κ1) is 13.1. The molecule has 0 aromatic carbocycles. The van der Waals surface area contributed by atoms with Crippen LogP contribution >= 0.6 is 0 Å². The molecule has 3 heteroatoms. The lowest BCUT2D eigenvalue weighted by molar-refractivity contribution is 0.241. The Morgan fingerprint density at radius 1 is 1.15 bits per heavy atom. The predicted octanol–water partition coefficient (Wildman–Crippen LogP) is 1.90. The van der Waals surface area contributed by atoms with Crippen LogP contribution in [0.15, 0.2) is 0 Å². The van der Waals surface area contributed by atoms with Crippen LogP contribution in [0.3, 0.4) is 0 Å². The Labute approximate surface area is 85.3 Å². The zero-order valence-electron chi connectivity index (χ0n) is 9.64. The molecule has 76 valence electrons. The summed E-state index contributed by atoms with van der Waals surface area (Å²) >= 11 is 0. The first-order valence-electron chi connectivity index (χ1n) is 5.92. The summed E-state index contributed by atoms with van der Waals surface area (Å²) in [6, 6.07) is 0. The van der Waals surface area contributed by atoms with Gasteiger partial charge in [-0.2, -0.15) is 0 Å². The van der Waals surface area contributed by atoms with Crippen molar-refractivity contribution in [3.63, 3.8) is 0 Å². The summed E-state index contributed by atoms with van der Waals surface area (Å²) in [5, 5.41) is 0. The van der Waals surface area contributed by atoms with Crippen molar-refractivity contribution in [1.29, 1.82) is 0 Å². The third-order valence-electron chi connectivity index (χ3n) is 2.47. The van der Waals surface area contributed by atoms with E-state index in [1.54, 1.807) is 0 Å². The van der Waals surface area contributed by atoms with Crippen LogP contribution in [0, 0.1) is 5.92 Å². The van der Waals surface area contributed by atoms with Gasteiger partial charge in [0.05, 0.1) is 0 Å². The minimum atomic E-state index is 0.816. The van der Waals surface area contributed by atoms with Crippen LogP contribution in [-0.2, 0) is 4.65 Å². The second-order valence-corrected chi connectivity index (χ2v) is 3.81. The van der Waals surface area contributed by atoms with E-state index in [9.17, 15) is 0 Å². The molecule has 0 aliphatic rings. The van der Waals surface area contributed by atoms with Gasteiger partial charge in [0.1, 0.15) is 7.74 Å². The van der Waals surface area contributed by atoms with Gasteiger partial charge in [-0.1, -0.05) is 39.5 Å². The molecule has 1 atom stereocenters. The standard InChI is InChI=1S/C10H24B2O/c1-3-5-6-8-10(7-4-2)9-13-12-11/h10,12H,3-9,11H2,1-2H3. The number of rotatable bonds is 9. The first-order valence-corrected chi connectivity index (χ1v) is 5.92. The SMILES string of the molecule is BBOCC(CCC)CCCCC. The van der Waals surface area contributed by atoms with E-state index in [1.165, 1.54) is 38.5 Å². The summed E-state index contributed by atoms with van der Waals surface area (Å²) in [5.74, 6) is 0.816. The van der Waals surface area contributed by atoms with Crippen LogP contribution in [0.5, 0.6) is 0 Å². The van der Waals surface area contributed by atoms with Gasteiger partial charge in [0.25, 0.3) is 0 Å². The summed E-state index contributed by atoms with van der Waals surface area (Å²) in [5.41, 5.74) is 0. The van der Waals surface area contributed by atoms with E-state index in [1.807, 2.05) is 0 Å². The zero-order chi connectivity index (χ0) is 9.94. The molecule has 0 aromatic heterocycles. The molecule has 0 bridgehead atoms. The lowest BCUT2D eigenvalue weighted by Gasteiger charge is -2.15. The molecular formula is C10H24B2O. The number of hydrogen-bond acceptors (Lipinski definition) is 1. The van der Waals surface area contributed by atoms with Gasteiger partial charge >= 0.3 is 0 Å². The molecule has 0 aliphatic carbocycles. The molecule has 13 heavy (non-hydrogen) atoms. The summed E-state index contributed by atoms with van der Waals surface area (Å²) in [7, 11) is 2.95. The van der Waals surface area contributed by atoms with Gasteiger partial charge in [0.15, 0.2) is 0 Å². The topological polar surface area (TPSA) is 9.23 Å². The summed E-state index contributed by atoms with van der Waals surface area (Å²) in [4.78, 5) is 0. The molecule has 0 N–H and O–H groups in total. The Morgan fingerprint density at radius 2 is 1.92 bits per heavy atom. The van der Waals surface area contributed by atoms with Gasteiger partial charge in [0, 0.05) is 6.61 Å². The van der Waals surface area contributed by atoms with Crippen LogP contribution in [0.2, 0.25) is 0 Å². The summed E-state index contributed by atoms with van der Waals surface area (Å²) < 4.78 is 5.48. The van der Waals surface area contributed by atoms with Crippen molar-refractivity contribution < 1.29 is 4.65 Å². The van der Waals surface area contributed by atoms with E-state index in [-0.39, 0.29) is 0 Å². The molecular weight excluding hydrogens is 158 g/mol. The van der Waals surface area contributed by atoms with Crippen molar-refractivity contribution >= 4 is 15.1 Å². The molecule has 0 rings (SSSR count). The molecule has 0 radical (unpaired) electrons. The Bertz CT molecular complexity index is 98.9. The van der Waals surface area contributed by atoms with Crippen molar-refractivity contribution in [2.45, 2.75) is 52.4 Å². The minimum Gasteiger partial charge on any atom is -0.449 e. The van der Waals surface area contributed by atoms with Crippen molar-refractivity contribution in [2.75, 3.05) is 6.61 Å². The van der Waals surface area contributed by atoms with E-state index in [0.717, 1.165) is 19.9 Å². The highest BCUT2D eigenvalue weighted by Crippen LogP contribution is 2.15. The predicted molar refractivity (Wildman–Crippen MR) is 64.2 cm³/mol. The monoisotopic (exact) mass is 182 g/mol. The van der Waals surface area contributed by atoms with E-state index in [2.05, 4.69) is 21.6 Å². The number of hydrogen-bond donors (Lipinski definition) is 0. The van der Waals surface area contributed by atoms with Crippen molar-refractivity contribution in [3.8, 4) is 0 Å². The zero-order valence-corrected chi connectivity index (χ0v) is 9.64. The second-order valence-electron chi connectivity index (χ2n) is 3.81. The van der Waals surface area contributed by atoms with Crippen molar-refractivity contribution in [2.24, 2.45) is 5.92 Å². The van der Waals surface area contributed by atoms with Gasteiger partial charge in [-0.3, -0.25) is 0 Å². The smallest absolute Gasteiger partial charge is 0.230 e. The molecule has 0 saturated carbocycles. The highest BCUT2D eigenvalue weighted by Gasteiger charge is 2.06. The lowest BCUT2D eigenvalue weighted by atomic mass is 9.72. The van der Waals surface area contributed by atoms with Crippen molar-refractivity contribution in [3.05, 3.63) is 0 Å². The average molecular weight is 182 g/mol. The molecule has 0 saturated heterocycles. The minimum absolute atomic E-state index is 0.816. The van der Waals surface area contributed by atoms with Crippen LogP contribution in [0.4, 0.5) is 0 Å². The van der Waals surface area contributed by atoms with Gasteiger partial charge < -0.3 is 4.65 Å². The van der Waals surface area contributed by atoms with E-state index >= 15 is 0 Å². The number of unbranched alkanes of at least 4 members (excludes halogenated alkanes) is 2. The lowest BCUT2D eigenvalue weighted by Crippen LogP contribution is -2.12. The molecule has 0 fully saturated rings. The highest BCUT2D eigenvalue weighted by molar-refractivity contribution is 6.85. The average Bonchev–Trinajstić information content (AvgIpc) is 2.14. The second kappa shape index (κ2) is 10.2. The van der Waals surface area contributed by atoms with Gasteiger partial charge in [-0.15, -0.1) is 0 Å². The fraction of sp³-hybridized carbons (Fsp3) is 1.00. The van der Waals surface area contributed by atoms with Gasteiger partial charge in [-0.05, 0) is 18.8 Å². The largest absolute Gasteiger partial charge is 0.449 e. The molecule has 1 nitrogen and oxygen atoms in total. The van der Waals surface area contributed by atoms with Crippen LogP contribution in [-0.4, -0.2) is 21.7 Å². The quantitative estimate of drug-likeness (QED) is 0.390. The highest BCUT2D eigenvalue weighted by atomic mass is 16.4. The Kier molecular flexibility index (Phi) is 10.2. The fourth-order valence-electron chi connectivity index (χ4n) is 1.69. The fourth-order valence-corrected chi connectivity index (χ4v) is 1.69. The molecule has 0 heterocycles. The molecule has 0 aromatic rings. The molecule has 0 amide bonds. The van der Waals surface area contributed by atoms with Crippen LogP contribution in [0.25, 0.3) is 0 Å². The molecule has 0 spiro atoms. The maximum atomic E-state index is 5.48. The Balaban J connectivity index is 3.41. The van der Waals surface area contributed by atoms with Gasteiger partial charge in [0.2, 0.25) is 7.37 Å². The third kappa shape index (κ3) is 8.42. The first-order chi connectivity index (χ1) is 6.35. The van der Waals surface area contributed by atoms with Crippen LogP contribution < -0.4 is 0 Å². The Morgan fingerprint density at radius 3 is 2.46 bits per heavy atom. The summed E-state index contributed by atoms with van der Waals surface area (Å²) in [6.07, 6.45) is 8.09. The van der Waals surface area contributed by atoms with E-state index < -0.39 is 0 Å². The van der Waals surface area contributed by atoms with Crippen molar-refractivity contribution in [1.82, 2.24) is 0 Å². The molecule has 1 unspecified atom stereocenters. The summed E-state index contributed by atoms with van der Waals surface area (Å²) in [6.45, 7) is 5.50. The maximum Gasteiger partial charge on any atom is 0.230 e. The van der Waals surface area contributed by atoms with E-state index in [0.29, 0.717) is 0 Å². The Hall–Kier alpha value is 0.0899. The third-order valence-corrected chi connectivity index (χ3v) is 2.47. The normalized spacial score (nSPS) is 12.8. The van der Waals surface area contributed by atoms with Crippen LogP contribution in [0.1, 0.15) is 52.4 Å². The molecule has 0 aliphatic heterocycles.